The third-order valence-electron chi connectivity index (χ3n) is 10.6. The summed E-state index contributed by atoms with van der Waals surface area (Å²) in [7, 11) is 0. The van der Waals surface area contributed by atoms with Gasteiger partial charge in [-0.15, -0.1) is 11.3 Å². The van der Waals surface area contributed by atoms with Crippen molar-refractivity contribution in [3.05, 3.63) is 188 Å². The minimum Gasteiger partial charge on any atom is -0.455 e. The van der Waals surface area contributed by atoms with E-state index in [-0.39, 0.29) is 0 Å². The molecular weight excluding hydrogens is 703 g/mol. The molecule has 0 fully saturated rings. The van der Waals surface area contributed by atoms with Crippen LogP contribution in [0.15, 0.2) is 193 Å². The molecule has 0 aliphatic heterocycles. The third-order valence-corrected chi connectivity index (χ3v) is 11.8. The Morgan fingerprint density at radius 2 is 1.09 bits per heavy atom. The van der Waals surface area contributed by atoms with Gasteiger partial charge in [-0.2, -0.15) is 0 Å². The standard InChI is InChI=1S/C51H31N3OS/c1-2-11-34(12-3-1)51-53-44(30-45(54-51)40-15-5-4-14-37(40)36-13-10-28-52-31-36)33-22-20-32(21-23-33)38-25-26-39(50-49(38)42-17-6-8-18-46(42)55-50)35-24-27-48-43(29-35)41-16-7-9-19-47(41)56-48/h1-31H. The lowest BCUT2D eigenvalue weighted by Gasteiger charge is -2.13. The fourth-order valence-corrected chi connectivity index (χ4v) is 9.03. The molecule has 0 N–H and O–H groups in total. The van der Waals surface area contributed by atoms with Gasteiger partial charge in [-0.1, -0.05) is 133 Å². The van der Waals surface area contributed by atoms with Gasteiger partial charge < -0.3 is 4.42 Å². The van der Waals surface area contributed by atoms with Crippen LogP contribution in [-0.2, 0) is 0 Å². The molecule has 0 unspecified atom stereocenters. The molecule has 11 aromatic rings. The minimum absolute atomic E-state index is 0.680. The van der Waals surface area contributed by atoms with Crippen molar-refractivity contribution in [2.24, 2.45) is 0 Å². The molecule has 4 aromatic heterocycles. The zero-order valence-corrected chi connectivity index (χ0v) is 30.9. The fourth-order valence-electron chi connectivity index (χ4n) is 7.94. The number of hydrogen-bond donors (Lipinski definition) is 0. The highest BCUT2D eigenvalue weighted by atomic mass is 32.1. The molecule has 56 heavy (non-hydrogen) atoms. The second-order valence-electron chi connectivity index (χ2n) is 14.0. The van der Waals surface area contributed by atoms with E-state index < -0.39 is 0 Å². The Kier molecular flexibility index (Phi) is 7.64. The Balaban J connectivity index is 1.04. The lowest BCUT2D eigenvalue weighted by atomic mass is 9.93. The highest BCUT2D eigenvalue weighted by molar-refractivity contribution is 7.25. The number of fused-ring (bicyclic) bond motifs is 6. The summed E-state index contributed by atoms with van der Waals surface area (Å²) >= 11 is 1.84. The van der Waals surface area contributed by atoms with Crippen LogP contribution in [0.4, 0.5) is 0 Å². The van der Waals surface area contributed by atoms with Gasteiger partial charge in [0.1, 0.15) is 11.2 Å². The van der Waals surface area contributed by atoms with Crippen LogP contribution in [0.25, 0.3) is 109 Å². The monoisotopic (exact) mass is 733 g/mol. The van der Waals surface area contributed by atoms with Gasteiger partial charge in [-0.05, 0) is 64.7 Å². The normalized spacial score (nSPS) is 11.6. The van der Waals surface area contributed by atoms with Crippen LogP contribution in [0, 0.1) is 0 Å². The summed E-state index contributed by atoms with van der Waals surface area (Å²) in [5, 5.41) is 4.78. The van der Waals surface area contributed by atoms with E-state index in [9.17, 15) is 0 Å². The molecule has 11 rings (SSSR count). The molecule has 0 aliphatic rings. The summed E-state index contributed by atoms with van der Waals surface area (Å²) in [5.74, 6) is 0.680. The summed E-state index contributed by atoms with van der Waals surface area (Å²) in [6, 6.07) is 61.7. The topological polar surface area (TPSA) is 51.8 Å². The van der Waals surface area contributed by atoms with Crippen molar-refractivity contribution in [1.82, 2.24) is 15.0 Å². The molecule has 0 spiro atoms. The van der Waals surface area contributed by atoms with Gasteiger partial charge in [0.25, 0.3) is 0 Å². The number of benzene rings is 7. The molecule has 4 heterocycles. The maximum atomic E-state index is 6.71. The van der Waals surface area contributed by atoms with Gasteiger partial charge in [-0.25, -0.2) is 9.97 Å². The lowest BCUT2D eigenvalue weighted by Crippen LogP contribution is -1.97. The van der Waals surface area contributed by atoms with Crippen LogP contribution in [-0.4, -0.2) is 15.0 Å². The molecule has 0 saturated carbocycles. The summed E-state index contributed by atoms with van der Waals surface area (Å²) in [4.78, 5) is 14.7. The van der Waals surface area contributed by atoms with Gasteiger partial charge in [0.15, 0.2) is 5.82 Å². The first-order valence-electron chi connectivity index (χ1n) is 18.7. The maximum Gasteiger partial charge on any atom is 0.160 e. The van der Waals surface area contributed by atoms with E-state index in [4.69, 9.17) is 14.4 Å². The molecular formula is C51H31N3OS. The van der Waals surface area contributed by atoms with Crippen molar-refractivity contribution in [2.75, 3.05) is 0 Å². The average Bonchev–Trinajstić information content (AvgIpc) is 3.85. The van der Waals surface area contributed by atoms with Crippen molar-refractivity contribution < 1.29 is 4.42 Å². The van der Waals surface area contributed by atoms with E-state index in [0.717, 1.165) is 83.4 Å². The van der Waals surface area contributed by atoms with E-state index in [0.29, 0.717) is 5.82 Å². The third kappa shape index (κ3) is 5.48. The molecule has 4 nitrogen and oxygen atoms in total. The number of pyridine rings is 1. The summed E-state index contributed by atoms with van der Waals surface area (Å²) in [6.45, 7) is 0. The Labute approximate surface area is 327 Å². The van der Waals surface area contributed by atoms with Crippen LogP contribution in [0.5, 0.6) is 0 Å². The van der Waals surface area contributed by atoms with Crippen LogP contribution < -0.4 is 0 Å². The zero-order chi connectivity index (χ0) is 37.0. The molecule has 0 bridgehead atoms. The van der Waals surface area contributed by atoms with Crippen molar-refractivity contribution in [3.8, 4) is 67.3 Å². The summed E-state index contributed by atoms with van der Waals surface area (Å²) < 4.78 is 9.30. The van der Waals surface area contributed by atoms with Gasteiger partial charge in [0.05, 0.1) is 11.4 Å². The first-order chi connectivity index (χ1) is 27.7. The Morgan fingerprint density at radius 1 is 0.411 bits per heavy atom. The first kappa shape index (κ1) is 32.2. The molecule has 0 aliphatic carbocycles. The highest BCUT2D eigenvalue weighted by Gasteiger charge is 2.19. The molecule has 5 heteroatoms. The minimum atomic E-state index is 0.680. The first-order valence-corrected chi connectivity index (χ1v) is 19.5. The number of furan rings is 1. The van der Waals surface area contributed by atoms with Crippen molar-refractivity contribution in [3.63, 3.8) is 0 Å². The van der Waals surface area contributed by atoms with E-state index in [2.05, 4.69) is 151 Å². The van der Waals surface area contributed by atoms with Crippen LogP contribution >= 0.6 is 11.3 Å². The molecule has 0 amide bonds. The molecule has 262 valence electrons. The SMILES string of the molecule is c1ccc(-c2nc(-c3ccc(-c4ccc(-c5ccc6sc7ccccc7c6c5)c5oc6ccccc6c45)cc3)cc(-c3ccccc3-c3cccnc3)n2)cc1. The van der Waals surface area contributed by atoms with Gasteiger partial charge in [0.2, 0.25) is 0 Å². The smallest absolute Gasteiger partial charge is 0.160 e. The predicted octanol–water partition coefficient (Wildman–Crippen LogP) is 14.1. The van der Waals surface area contributed by atoms with Crippen molar-refractivity contribution in [1.29, 1.82) is 0 Å². The Hall–Kier alpha value is -7.21. The second-order valence-corrected chi connectivity index (χ2v) is 15.0. The van der Waals surface area contributed by atoms with E-state index >= 15 is 0 Å². The average molecular weight is 734 g/mol. The number of para-hydroxylation sites is 1. The quantitative estimate of drug-likeness (QED) is 0.171. The number of thiophene rings is 1. The Morgan fingerprint density at radius 3 is 1.95 bits per heavy atom. The summed E-state index contributed by atoms with van der Waals surface area (Å²) in [6.07, 6.45) is 3.70. The van der Waals surface area contributed by atoms with Crippen LogP contribution in [0.2, 0.25) is 0 Å². The van der Waals surface area contributed by atoms with Crippen molar-refractivity contribution >= 4 is 53.4 Å². The number of aromatic nitrogens is 3. The summed E-state index contributed by atoms with van der Waals surface area (Å²) in [5.41, 5.74) is 13.1. The number of rotatable bonds is 6. The van der Waals surface area contributed by atoms with Crippen LogP contribution in [0.1, 0.15) is 0 Å². The van der Waals surface area contributed by atoms with E-state index in [1.165, 1.54) is 20.2 Å². The van der Waals surface area contributed by atoms with Gasteiger partial charge in [-0.3, -0.25) is 4.98 Å². The number of nitrogens with zero attached hydrogens (tertiary/aromatic N) is 3. The molecule has 0 saturated heterocycles. The molecule has 7 aromatic carbocycles. The Bertz CT molecular complexity index is 3240. The van der Waals surface area contributed by atoms with Crippen molar-refractivity contribution in [2.45, 2.75) is 0 Å². The predicted molar refractivity (Wildman–Crippen MR) is 233 cm³/mol. The second kappa shape index (κ2) is 13.3. The van der Waals surface area contributed by atoms with E-state index in [1.807, 2.05) is 47.9 Å². The molecule has 0 radical (unpaired) electrons. The largest absolute Gasteiger partial charge is 0.455 e. The van der Waals surface area contributed by atoms with Crippen LogP contribution in [0.3, 0.4) is 0 Å². The molecule has 0 atom stereocenters. The van der Waals surface area contributed by atoms with Gasteiger partial charge >= 0.3 is 0 Å². The van der Waals surface area contributed by atoms with E-state index in [1.54, 1.807) is 6.20 Å². The fraction of sp³-hybridized carbons (Fsp3) is 0. The zero-order valence-electron chi connectivity index (χ0n) is 30.1. The highest BCUT2D eigenvalue weighted by Crippen LogP contribution is 2.44. The number of hydrogen-bond acceptors (Lipinski definition) is 5. The lowest BCUT2D eigenvalue weighted by molar-refractivity contribution is 0.670. The van der Waals surface area contributed by atoms with Gasteiger partial charge in [0, 0.05) is 71.2 Å². The maximum absolute atomic E-state index is 6.71.